The van der Waals surface area contributed by atoms with Crippen molar-refractivity contribution < 1.29 is 9.47 Å². The van der Waals surface area contributed by atoms with Crippen LogP contribution in [0.3, 0.4) is 0 Å². The molecule has 5 heteroatoms. The molecule has 1 fully saturated rings. The highest BCUT2D eigenvalue weighted by Crippen LogP contribution is 2.25. The minimum Gasteiger partial charge on any atom is -0.496 e. The first kappa shape index (κ1) is 18.5. The third-order valence-corrected chi connectivity index (χ3v) is 5.34. The van der Waals surface area contributed by atoms with Crippen molar-refractivity contribution in [2.45, 2.75) is 32.0 Å². The molecule has 1 aliphatic heterocycles. The van der Waals surface area contributed by atoms with Crippen LogP contribution in [0, 0.1) is 11.3 Å². The van der Waals surface area contributed by atoms with Gasteiger partial charge in [-0.25, -0.2) is 0 Å². The van der Waals surface area contributed by atoms with E-state index < -0.39 is 0 Å². The van der Waals surface area contributed by atoms with Crippen molar-refractivity contribution in [1.82, 2.24) is 9.30 Å². The van der Waals surface area contributed by atoms with Crippen LogP contribution >= 0.6 is 0 Å². The van der Waals surface area contributed by atoms with Crippen LogP contribution in [0.5, 0.6) is 5.75 Å². The van der Waals surface area contributed by atoms with Crippen molar-refractivity contribution in [3.8, 4) is 11.8 Å². The first-order valence-electron chi connectivity index (χ1n) is 9.73. The van der Waals surface area contributed by atoms with Gasteiger partial charge in [0.15, 0.2) is 0 Å². The standard InChI is InChI=1S/C23H25N3O2/c1-27-23-10-3-2-7-18(23)14-25(17-20-8-6-12-28-20)15-19-16-26-11-5-4-9-22(26)21(19)13-24/h2-5,7,9-11,16,20H,6,8,12,14-15,17H2,1H3/t20-/m0/s1. The Morgan fingerprint density at radius 2 is 2.00 bits per heavy atom. The highest BCUT2D eigenvalue weighted by Gasteiger charge is 2.22. The van der Waals surface area contributed by atoms with Gasteiger partial charge in [0.1, 0.15) is 11.8 Å². The van der Waals surface area contributed by atoms with Crippen LogP contribution in [-0.2, 0) is 17.8 Å². The van der Waals surface area contributed by atoms with Gasteiger partial charge in [-0.1, -0.05) is 24.3 Å². The molecule has 0 radical (unpaired) electrons. The fourth-order valence-electron chi connectivity index (χ4n) is 4.00. The molecule has 5 nitrogen and oxygen atoms in total. The quantitative estimate of drug-likeness (QED) is 0.626. The van der Waals surface area contributed by atoms with E-state index in [2.05, 4.69) is 23.2 Å². The van der Waals surface area contributed by atoms with Gasteiger partial charge < -0.3 is 13.9 Å². The maximum absolute atomic E-state index is 9.75. The van der Waals surface area contributed by atoms with E-state index in [0.29, 0.717) is 6.54 Å². The Hall–Kier alpha value is -2.81. The molecule has 0 saturated carbocycles. The van der Waals surface area contributed by atoms with Gasteiger partial charge in [-0.15, -0.1) is 0 Å². The number of methoxy groups -OCH3 is 1. The fraction of sp³-hybridized carbons (Fsp3) is 0.348. The summed E-state index contributed by atoms with van der Waals surface area (Å²) < 4.78 is 13.5. The Morgan fingerprint density at radius 3 is 2.79 bits per heavy atom. The molecule has 3 aromatic rings. The Morgan fingerprint density at radius 1 is 1.18 bits per heavy atom. The molecular weight excluding hydrogens is 350 g/mol. The molecule has 1 atom stereocenters. The Labute approximate surface area is 165 Å². The minimum absolute atomic E-state index is 0.247. The zero-order chi connectivity index (χ0) is 19.3. The van der Waals surface area contributed by atoms with E-state index in [0.717, 1.165) is 60.5 Å². The van der Waals surface area contributed by atoms with E-state index in [1.54, 1.807) is 7.11 Å². The number of pyridine rings is 1. The number of nitrogens with zero attached hydrogens (tertiary/aromatic N) is 3. The normalized spacial score (nSPS) is 16.5. The van der Waals surface area contributed by atoms with Crippen LogP contribution in [0.15, 0.2) is 54.9 Å². The van der Waals surface area contributed by atoms with Crippen molar-refractivity contribution in [1.29, 1.82) is 5.26 Å². The molecule has 0 bridgehead atoms. The van der Waals surface area contributed by atoms with Gasteiger partial charge >= 0.3 is 0 Å². The average molecular weight is 375 g/mol. The van der Waals surface area contributed by atoms with Gasteiger partial charge in [-0.2, -0.15) is 5.26 Å². The number of hydrogen-bond acceptors (Lipinski definition) is 4. The van der Waals surface area contributed by atoms with Crippen LogP contribution in [0.1, 0.15) is 29.5 Å². The second-order valence-electron chi connectivity index (χ2n) is 7.25. The van der Waals surface area contributed by atoms with Crippen molar-refractivity contribution in [3.05, 3.63) is 71.5 Å². The summed E-state index contributed by atoms with van der Waals surface area (Å²) in [6.45, 7) is 3.13. The molecule has 1 aromatic carbocycles. The van der Waals surface area contributed by atoms with Crippen LogP contribution in [-0.4, -0.2) is 35.7 Å². The van der Waals surface area contributed by atoms with Gasteiger partial charge in [-0.3, -0.25) is 4.90 Å². The van der Waals surface area contributed by atoms with Crippen LogP contribution in [0.4, 0.5) is 0 Å². The van der Waals surface area contributed by atoms with Crippen LogP contribution in [0.2, 0.25) is 0 Å². The molecule has 1 saturated heterocycles. The largest absolute Gasteiger partial charge is 0.496 e. The SMILES string of the molecule is COc1ccccc1CN(Cc1cn2ccccc2c1C#N)C[C@@H]1CCCO1. The van der Waals surface area contributed by atoms with Gasteiger partial charge in [0.25, 0.3) is 0 Å². The summed E-state index contributed by atoms with van der Waals surface area (Å²) in [4.78, 5) is 2.36. The Kier molecular flexibility index (Phi) is 5.61. The average Bonchev–Trinajstić information content (AvgIpc) is 3.35. The third kappa shape index (κ3) is 3.89. The summed E-state index contributed by atoms with van der Waals surface area (Å²) in [5, 5.41) is 9.75. The molecule has 0 N–H and O–H groups in total. The maximum Gasteiger partial charge on any atom is 0.123 e. The van der Waals surface area contributed by atoms with Crippen molar-refractivity contribution >= 4 is 5.52 Å². The smallest absolute Gasteiger partial charge is 0.123 e. The molecule has 0 amide bonds. The number of ether oxygens (including phenoxy) is 2. The molecule has 0 unspecified atom stereocenters. The molecule has 4 rings (SSSR count). The molecule has 0 spiro atoms. The molecule has 28 heavy (non-hydrogen) atoms. The monoisotopic (exact) mass is 375 g/mol. The first-order chi connectivity index (χ1) is 13.8. The molecule has 144 valence electrons. The van der Waals surface area contributed by atoms with Gasteiger partial charge in [0, 0.05) is 49.8 Å². The second kappa shape index (κ2) is 8.47. The summed E-state index contributed by atoms with van der Waals surface area (Å²) in [6, 6.07) is 16.5. The number of aromatic nitrogens is 1. The second-order valence-corrected chi connectivity index (χ2v) is 7.25. The number of para-hydroxylation sites is 1. The van der Waals surface area contributed by atoms with Crippen LogP contribution in [0.25, 0.3) is 5.52 Å². The number of fused-ring (bicyclic) bond motifs is 1. The molecule has 3 heterocycles. The predicted molar refractivity (Wildman–Crippen MR) is 108 cm³/mol. The van der Waals surface area contributed by atoms with E-state index in [1.165, 1.54) is 0 Å². The van der Waals surface area contributed by atoms with E-state index in [9.17, 15) is 5.26 Å². The van der Waals surface area contributed by atoms with Gasteiger partial charge in [-0.05, 0) is 31.0 Å². The highest BCUT2D eigenvalue weighted by atomic mass is 16.5. The lowest BCUT2D eigenvalue weighted by atomic mass is 10.1. The maximum atomic E-state index is 9.75. The molecule has 1 aliphatic rings. The molecule has 0 aliphatic carbocycles. The molecular formula is C23H25N3O2. The highest BCUT2D eigenvalue weighted by molar-refractivity contribution is 5.65. The van der Waals surface area contributed by atoms with Crippen LogP contribution < -0.4 is 4.74 Å². The lowest BCUT2D eigenvalue weighted by molar-refractivity contribution is 0.0676. The molecule has 2 aromatic heterocycles. The van der Waals surface area contributed by atoms with E-state index in [-0.39, 0.29) is 6.10 Å². The van der Waals surface area contributed by atoms with E-state index in [4.69, 9.17) is 9.47 Å². The lowest BCUT2D eigenvalue weighted by Crippen LogP contribution is -2.31. The number of benzene rings is 1. The summed E-state index contributed by atoms with van der Waals surface area (Å²) in [6.07, 6.45) is 6.51. The van der Waals surface area contributed by atoms with Gasteiger partial charge in [0.2, 0.25) is 0 Å². The Bertz CT molecular complexity index is 983. The summed E-state index contributed by atoms with van der Waals surface area (Å²) >= 11 is 0. The topological polar surface area (TPSA) is 49.9 Å². The minimum atomic E-state index is 0.247. The Balaban J connectivity index is 1.63. The number of rotatable bonds is 7. The van der Waals surface area contributed by atoms with Crippen molar-refractivity contribution in [3.63, 3.8) is 0 Å². The van der Waals surface area contributed by atoms with Crippen molar-refractivity contribution in [2.24, 2.45) is 0 Å². The van der Waals surface area contributed by atoms with Crippen molar-refractivity contribution in [2.75, 3.05) is 20.3 Å². The lowest BCUT2D eigenvalue weighted by Gasteiger charge is -2.26. The summed E-state index contributed by atoms with van der Waals surface area (Å²) in [5.74, 6) is 0.891. The zero-order valence-corrected chi connectivity index (χ0v) is 16.2. The predicted octanol–water partition coefficient (Wildman–Crippen LogP) is 4.00. The number of nitriles is 1. The number of hydrogen-bond donors (Lipinski definition) is 0. The summed E-state index contributed by atoms with van der Waals surface area (Å²) in [5.41, 5.74) is 3.89. The summed E-state index contributed by atoms with van der Waals surface area (Å²) in [7, 11) is 1.71. The van der Waals surface area contributed by atoms with Gasteiger partial charge in [0.05, 0.1) is 24.3 Å². The third-order valence-electron chi connectivity index (χ3n) is 5.34. The zero-order valence-electron chi connectivity index (χ0n) is 16.2. The fourth-order valence-corrected chi connectivity index (χ4v) is 4.00. The first-order valence-corrected chi connectivity index (χ1v) is 9.73. The van der Waals surface area contributed by atoms with E-state index in [1.807, 2.05) is 47.0 Å². The van der Waals surface area contributed by atoms with E-state index >= 15 is 0 Å².